The van der Waals surface area contributed by atoms with Crippen molar-refractivity contribution in [2.24, 2.45) is 0 Å². The molecule has 0 spiro atoms. The van der Waals surface area contributed by atoms with Crippen LogP contribution in [0.3, 0.4) is 0 Å². The largest absolute Gasteiger partial charge is 0.467 e. The number of benzene rings is 3. The van der Waals surface area contributed by atoms with E-state index >= 15 is 0 Å². The summed E-state index contributed by atoms with van der Waals surface area (Å²) in [5.74, 6) is -0.375. The Morgan fingerprint density at radius 3 is 2.51 bits per heavy atom. The molecule has 0 aliphatic rings. The van der Waals surface area contributed by atoms with Crippen molar-refractivity contribution >= 4 is 28.4 Å². The van der Waals surface area contributed by atoms with Crippen LogP contribution in [0.15, 0.2) is 95.7 Å². The molecule has 4 nitrogen and oxygen atoms in total. The van der Waals surface area contributed by atoms with Gasteiger partial charge in [0.25, 0.3) is 0 Å². The Bertz CT molecular complexity index is 1590. The first-order valence-corrected chi connectivity index (χ1v) is 12.9. The van der Waals surface area contributed by atoms with Gasteiger partial charge < -0.3 is 14.3 Å². The third kappa shape index (κ3) is 6.04. The number of carbonyl (C=O) groups excluding carboxylic acids is 1. The maximum absolute atomic E-state index is 13.8. The van der Waals surface area contributed by atoms with E-state index in [4.69, 9.17) is 16.0 Å². The summed E-state index contributed by atoms with van der Waals surface area (Å²) in [6, 6.07) is 23.2. The van der Waals surface area contributed by atoms with Gasteiger partial charge in [-0.15, -0.1) is 0 Å². The lowest BCUT2D eigenvalue weighted by atomic mass is 9.87. The quantitative estimate of drug-likeness (QED) is 0.212. The van der Waals surface area contributed by atoms with Crippen LogP contribution < -0.4 is 5.32 Å². The minimum atomic E-state index is -4.63. The molecule has 1 atom stereocenters. The number of halogens is 4. The third-order valence-electron chi connectivity index (χ3n) is 6.80. The highest BCUT2D eigenvalue weighted by Crippen LogP contribution is 2.40. The van der Waals surface area contributed by atoms with Crippen molar-refractivity contribution < 1.29 is 22.4 Å². The molecule has 8 heteroatoms. The molecule has 0 saturated carbocycles. The van der Waals surface area contributed by atoms with Crippen molar-refractivity contribution in [2.45, 2.75) is 38.5 Å². The normalized spacial score (nSPS) is 12.5. The standard InChI is InChI=1S/C31H26ClF3N2O2/c1-20-8-10-21(11-9-20)18-37-19-26(24-6-2-3-7-29(24)37)25(16-30(38)36-17-23-5-4-14-39-23)22-12-13-28(32)27(15-22)31(33,34)35/h2-15,19,25H,16-18H2,1H3,(H,36,38)/t25-/m1/s1. The molecule has 0 aliphatic carbocycles. The molecule has 1 N–H and O–H groups in total. The van der Waals surface area contributed by atoms with Crippen LogP contribution in [-0.4, -0.2) is 10.5 Å². The summed E-state index contributed by atoms with van der Waals surface area (Å²) < 4.78 is 48.7. The van der Waals surface area contributed by atoms with Gasteiger partial charge in [0.15, 0.2) is 0 Å². The highest BCUT2D eigenvalue weighted by molar-refractivity contribution is 6.31. The minimum absolute atomic E-state index is 0.0574. The molecular formula is C31H26ClF3N2O2. The summed E-state index contributed by atoms with van der Waals surface area (Å²) in [7, 11) is 0. The van der Waals surface area contributed by atoms with E-state index in [9.17, 15) is 18.0 Å². The van der Waals surface area contributed by atoms with Gasteiger partial charge in [0, 0.05) is 36.0 Å². The molecule has 39 heavy (non-hydrogen) atoms. The fourth-order valence-corrected chi connectivity index (χ4v) is 5.04. The Labute approximate surface area is 229 Å². The second-order valence-corrected chi connectivity index (χ2v) is 9.97. The Morgan fingerprint density at radius 2 is 1.79 bits per heavy atom. The number of hydrogen-bond acceptors (Lipinski definition) is 2. The Balaban J connectivity index is 1.57. The molecule has 2 heterocycles. The summed E-state index contributed by atoms with van der Waals surface area (Å²) in [4.78, 5) is 13.1. The fourth-order valence-electron chi connectivity index (χ4n) is 4.81. The molecule has 0 aliphatic heterocycles. The van der Waals surface area contributed by atoms with Crippen LogP contribution in [-0.2, 0) is 24.1 Å². The smallest absolute Gasteiger partial charge is 0.417 e. The van der Waals surface area contributed by atoms with Gasteiger partial charge in [0.2, 0.25) is 5.91 Å². The zero-order chi connectivity index (χ0) is 27.6. The second kappa shape index (κ2) is 11.0. The molecular weight excluding hydrogens is 525 g/mol. The number of alkyl halides is 3. The lowest BCUT2D eigenvalue weighted by Gasteiger charge is -2.19. The molecule has 0 unspecified atom stereocenters. The average Bonchev–Trinajstić information content (AvgIpc) is 3.56. The van der Waals surface area contributed by atoms with Gasteiger partial charge in [-0.1, -0.05) is 65.7 Å². The molecule has 200 valence electrons. The summed E-state index contributed by atoms with van der Waals surface area (Å²) in [6.45, 7) is 2.78. The number of fused-ring (bicyclic) bond motifs is 1. The minimum Gasteiger partial charge on any atom is -0.467 e. The molecule has 0 saturated heterocycles. The van der Waals surface area contributed by atoms with Crippen molar-refractivity contribution in [1.82, 2.24) is 9.88 Å². The van der Waals surface area contributed by atoms with Crippen LogP contribution in [0.2, 0.25) is 5.02 Å². The number of nitrogens with one attached hydrogen (secondary N) is 1. The zero-order valence-corrected chi connectivity index (χ0v) is 21.9. The van der Waals surface area contributed by atoms with Crippen molar-refractivity contribution in [3.63, 3.8) is 0 Å². The molecule has 1 amide bonds. The Morgan fingerprint density at radius 1 is 1.03 bits per heavy atom. The number of aryl methyl sites for hydroxylation is 1. The summed E-state index contributed by atoms with van der Waals surface area (Å²) in [6.07, 6.45) is -1.23. The van der Waals surface area contributed by atoms with Crippen LogP contribution in [0.25, 0.3) is 10.9 Å². The number of para-hydroxylation sites is 1. The number of carbonyl (C=O) groups is 1. The predicted octanol–water partition coefficient (Wildman–Crippen LogP) is 8.10. The maximum atomic E-state index is 13.8. The molecule has 5 rings (SSSR count). The molecule has 0 radical (unpaired) electrons. The van der Waals surface area contributed by atoms with Crippen molar-refractivity contribution in [3.05, 3.63) is 130 Å². The van der Waals surface area contributed by atoms with Gasteiger partial charge in [-0.2, -0.15) is 13.2 Å². The molecule has 0 bridgehead atoms. The van der Waals surface area contributed by atoms with Crippen LogP contribution in [0.5, 0.6) is 0 Å². The zero-order valence-electron chi connectivity index (χ0n) is 21.1. The van der Waals surface area contributed by atoms with Gasteiger partial charge >= 0.3 is 6.18 Å². The Hall–Kier alpha value is -3.97. The first kappa shape index (κ1) is 26.6. The average molecular weight is 551 g/mol. The molecule has 2 aromatic heterocycles. The van der Waals surface area contributed by atoms with Crippen LogP contribution in [0.1, 0.15) is 45.9 Å². The van der Waals surface area contributed by atoms with E-state index in [1.165, 1.54) is 12.3 Å². The van der Waals surface area contributed by atoms with Crippen LogP contribution in [0.4, 0.5) is 13.2 Å². The van der Waals surface area contributed by atoms with Crippen molar-refractivity contribution in [2.75, 3.05) is 0 Å². The fraction of sp³-hybridized carbons (Fsp3) is 0.194. The number of hydrogen-bond donors (Lipinski definition) is 1. The van der Waals surface area contributed by atoms with Crippen molar-refractivity contribution in [1.29, 1.82) is 0 Å². The summed E-state index contributed by atoms with van der Waals surface area (Å²) >= 11 is 5.93. The van der Waals surface area contributed by atoms with E-state index in [2.05, 4.69) is 22.0 Å². The van der Waals surface area contributed by atoms with Crippen LogP contribution in [0, 0.1) is 6.92 Å². The first-order chi connectivity index (χ1) is 18.7. The number of rotatable bonds is 8. The molecule has 3 aromatic carbocycles. The lowest BCUT2D eigenvalue weighted by molar-refractivity contribution is -0.137. The van der Waals surface area contributed by atoms with Crippen molar-refractivity contribution in [3.8, 4) is 0 Å². The Kier molecular flexibility index (Phi) is 7.53. The first-order valence-electron chi connectivity index (χ1n) is 12.5. The van der Waals surface area contributed by atoms with Crippen LogP contribution >= 0.6 is 11.6 Å². The predicted molar refractivity (Wildman–Crippen MR) is 146 cm³/mol. The van der Waals surface area contributed by atoms with E-state index in [1.54, 1.807) is 18.2 Å². The van der Waals surface area contributed by atoms with Gasteiger partial charge in [-0.05, 0) is 53.9 Å². The summed E-state index contributed by atoms with van der Waals surface area (Å²) in [5, 5.41) is 3.32. The van der Waals surface area contributed by atoms with Gasteiger partial charge in [-0.3, -0.25) is 4.79 Å². The number of aromatic nitrogens is 1. The molecule has 0 fully saturated rings. The highest BCUT2D eigenvalue weighted by atomic mass is 35.5. The van der Waals surface area contributed by atoms with Gasteiger partial charge in [0.1, 0.15) is 5.76 Å². The summed E-state index contributed by atoms with van der Waals surface area (Å²) in [5.41, 5.74) is 3.37. The van der Waals surface area contributed by atoms with E-state index in [-0.39, 0.29) is 23.9 Å². The third-order valence-corrected chi connectivity index (χ3v) is 7.13. The number of amides is 1. The lowest BCUT2D eigenvalue weighted by Crippen LogP contribution is -2.25. The van der Waals surface area contributed by atoms with Gasteiger partial charge in [0.05, 0.1) is 23.4 Å². The topological polar surface area (TPSA) is 47.2 Å². The van der Waals surface area contributed by atoms with E-state index in [0.29, 0.717) is 17.9 Å². The molecule has 5 aromatic rings. The number of nitrogens with zero attached hydrogens (tertiary/aromatic N) is 1. The SMILES string of the molecule is Cc1ccc(Cn2cc([C@H](CC(=O)NCc3ccco3)c3ccc(Cl)c(C(F)(F)F)c3)c3ccccc32)cc1. The maximum Gasteiger partial charge on any atom is 0.417 e. The highest BCUT2D eigenvalue weighted by Gasteiger charge is 2.34. The number of furan rings is 1. The monoisotopic (exact) mass is 550 g/mol. The van der Waals surface area contributed by atoms with Gasteiger partial charge in [-0.25, -0.2) is 0 Å². The second-order valence-electron chi connectivity index (χ2n) is 9.56. The van der Waals surface area contributed by atoms with E-state index < -0.39 is 17.7 Å². The van der Waals surface area contributed by atoms with E-state index in [0.717, 1.165) is 33.7 Å². The van der Waals surface area contributed by atoms with E-state index in [1.807, 2.05) is 49.5 Å².